The van der Waals surface area contributed by atoms with Crippen LogP contribution in [0.3, 0.4) is 0 Å². The number of para-hydroxylation sites is 1. The fourth-order valence-corrected chi connectivity index (χ4v) is 2.92. The molecule has 0 radical (unpaired) electrons. The van der Waals surface area contributed by atoms with Gasteiger partial charge in [-0.25, -0.2) is 0 Å². The Morgan fingerprint density at radius 2 is 2.05 bits per heavy atom. The van der Waals surface area contributed by atoms with Gasteiger partial charge in [0.15, 0.2) is 0 Å². The Kier molecular flexibility index (Phi) is 5.38. The molecular weight excluding hydrogens is 270 g/mol. The Morgan fingerprint density at radius 1 is 1.33 bits per heavy atom. The standard InChI is InChI=1S/C15H23N3O3/c1-2-16-13-7-4-8-14(15(13)18(20)21)17-10-11-5-3-6-12(19)9-11/h4,7-8,11-12,16-17,19H,2-3,5-6,9-10H2,1H3. The fraction of sp³-hybridized carbons (Fsp3) is 0.600. The van der Waals surface area contributed by atoms with Crippen LogP contribution in [0.4, 0.5) is 17.1 Å². The Bertz CT molecular complexity index is 493. The molecule has 1 aromatic carbocycles. The zero-order chi connectivity index (χ0) is 15.2. The summed E-state index contributed by atoms with van der Waals surface area (Å²) in [4.78, 5) is 11.0. The van der Waals surface area contributed by atoms with E-state index in [4.69, 9.17) is 0 Å². The first-order valence-electron chi connectivity index (χ1n) is 7.55. The summed E-state index contributed by atoms with van der Waals surface area (Å²) in [7, 11) is 0. The van der Waals surface area contributed by atoms with Crippen molar-refractivity contribution in [1.29, 1.82) is 0 Å². The Hall–Kier alpha value is -1.82. The third-order valence-corrected chi connectivity index (χ3v) is 3.92. The van der Waals surface area contributed by atoms with Gasteiger partial charge in [0.25, 0.3) is 0 Å². The lowest BCUT2D eigenvalue weighted by molar-refractivity contribution is -0.383. The Morgan fingerprint density at radius 3 is 2.67 bits per heavy atom. The first kappa shape index (κ1) is 15.6. The molecule has 0 bridgehead atoms. The fourth-order valence-electron chi connectivity index (χ4n) is 2.92. The summed E-state index contributed by atoms with van der Waals surface area (Å²) in [6.07, 6.45) is 3.49. The monoisotopic (exact) mass is 293 g/mol. The molecule has 116 valence electrons. The van der Waals surface area contributed by atoms with E-state index in [-0.39, 0.29) is 16.7 Å². The van der Waals surface area contributed by atoms with E-state index in [1.807, 2.05) is 13.0 Å². The van der Waals surface area contributed by atoms with Crippen LogP contribution in [0.2, 0.25) is 0 Å². The topological polar surface area (TPSA) is 87.4 Å². The maximum Gasteiger partial charge on any atom is 0.315 e. The molecular formula is C15H23N3O3. The number of aliphatic hydroxyl groups excluding tert-OH is 1. The van der Waals surface area contributed by atoms with E-state index in [0.717, 1.165) is 25.7 Å². The van der Waals surface area contributed by atoms with Gasteiger partial charge in [0.2, 0.25) is 0 Å². The molecule has 21 heavy (non-hydrogen) atoms. The number of nitro groups is 1. The van der Waals surface area contributed by atoms with Gasteiger partial charge in [0.1, 0.15) is 11.4 Å². The van der Waals surface area contributed by atoms with E-state index in [0.29, 0.717) is 30.4 Å². The minimum absolute atomic E-state index is 0.0932. The highest BCUT2D eigenvalue weighted by molar-refractivity contribution is 5.76. The van der Waals surface area contributed by atoms with Crippen molar-refractivity contribution in [1.82, 2.24) is 0 Å². The molecule has 0 spiro atoms. The first-order chi connectivity index (χ1) is 10.1. The molecule has 6 heteroatoms. The van der Waals surface area contributed by atoms with Crippen molar-refractivity contribution in [2.45, 2.75) is 38.7 Å². The van der Waals surface area contributed by atoms with Crippen LogP contribution in [0, 0.1) is 16.0 Å². The molecule has 2 rings (SSSR count). The van der Waals surface area contributed by atoms with Gasteiger partial charge in [0.05, 0.1) is 11.0 Å². The van der Waals surface area contributed by atoms with Crippen molar-refractivity contribution in [3.63, 3.8) is 0 Å². The van der Waals surface area contributed by atoms with Gasteiger partial charge in [-0.15, -0.1) is 0 Å². The second-order valence-corrected chi connectivity index (χ2v) is 5.56. The van der Waals surface area contributed by atoms with Crippen molar-refractivity contribution >= 4 is 17.1 Å². The zero-order valence-electron chi connectivity index (χ0n) is 12.3. The molecule has 0 aliphatic heterocycles. The van der Waals surface area contributed by atoms with Gasteiger partial charge in [-0.2, -0.15) is 0 Å². The summed E-state index contributed by atoms with van der Waals surface area (Å²) in [6.45, 7) is 3.21. The second kappa shape index (κ2) is 7.26. The van der Waals surface area contributed by atoms with E-state index in [1.54, 1.807) is 12.1 Å². The van der Waals surface area contributed by atoms with Gasteiger partial charge < -0.3 is 15.7 Å². The van der Waals surface area contributed by atoms with E-state index in [9.17, 15) is 15.2 Å². The van der Waals surface area contributed by atoms with Crippen LogP contribution < -0.4 is 10.6 Å². The number of hydrogen-bond acceptors (Lipinski definition) is 5. The molecule has 1 fully saturated rings. The molecule has 1 aliphatic rings. The average Bonchev–Trinajstić information content (AvgIpc) is 2.45. The predicted octanol–water partition coefficient (Wildman–Crippen LogP) is 2.99. The normalized spacial score (nSPS) is 21.8. The number of aliphatic hydroxyl groups is 1. The van der Waals surface area contributed by atoms with Crippen molar-refractivity contribution in [2.24, 2.45) is 5.92 Å². The second-order valence-electron chi connectivity index (χ2n) is 5.56. The molecule has 0 heterocycles. The number of nitro benzene ring substituents is 1. The smallest absolute Gasteiger partial charge is 0.315 e. The molecule has 2 atom stereocenters. The van der Waals surface area contributed by atoms with Crippen LogP contribution in [0.5, 0.6) is 0 Å². The number of anilines is 2. The lowest BCUT2D eigenvalue weighted by Gasteiger charge is -2.26. The molecule has 1 saturated carbocycles. The zero-order valence-corrected chi connectivity index (χ0v) is 12.3. The summed E-state index contributed by atoms with van der Waals surface area (Å²) in [5.41, 5.74) is 1.17. The molecule has 1 aromatic rings. The van der Waals surface area contributed by atoms with Crippen molar-refractivity contribution < 1.29 is 10.0 Å². The molecule has 6 nitrogen and oxygen atoms in total. The SMILES string of the molecule is CCNc1cccc(NCC2CCCC(O)C2)c1[N+](=O)[O-]. The highest BCUT2D eigenvalue weighted by atomic mass is 16.6. The lowest BCUT2D eigenvalue weighted by atomic mass is 9.87. The van der Waals surface area contributed by atoms with Gasteiger partial charge in [-0.05, 0) is 44.2 Å². The van der Waals surface area contributed by atoms with Crippen LogP contribution in [0.15, 0.2) is 18.2 Å². The summed E-state index contributed by atoms with van der Waals surface area (Å²) in [5, 5.41) is 27.2. The number of benzene rings is 1. The Labute approximate surface area is 124 Å². The minimum Gasteiger partial charge on any atom is -0.393 e. The summed E-state index contributed by atoms with van der Waals surface area (Å²) in [5.74, 6) is 0.371. The first-order valence-corrected chi connectivity index (χ1v) is 7.55. The third-order valence-electron chi connectivity index (χ3n) is 3.92. The maximum absolute atomic E-state index is 11.3. The maximum atomic E-state index is 11.3. The quantitative estimate of drug-likeness (QED) is 0.554. The van der Waals surface area contributed by atoms with Crippen LogP contribution in [-0.2, 0) is 0 Å². The van der Waals surface area contributed by atoms with E-state index >= 15 is 0 Å². The number of nitrogens with one attached hydrogen (secondary N) is 2. The van der Waals surface area contributed by atoms with E-state index in [1.165, 1.54) is 0 Å². The Balaban J connectivity index is 2.08. The largest absolute Gasteiger partial charge is 0.393 e. The van der Waals surface area contributed by atoms with Crippen molar-refractivity contribution in [3.8, 4) is 0 Å². The third kappa shape index (κ3) is 4.07. The minimum atomic E-state index is -0.351. The average molecular weight is 293 g/mol. The number of hydrogen-bond donors (Lipinski definition) is 3. The van der Waals surface area contributed by atoms with Gasteiger partial charge in [0, 0.05) is 13.1 Å². The van der Waals surface area contributed by atoms with Gasteiger partial charge >= 0.3 is 5.69 Å². The highest BCUT2D eigenvalue weighted by Gasteiger charge is 2.23. The van der Waals surface area contributed by atoms with E-state index in [2.05, 4.69) is 10.6 Å². The van der Waals surface area contributed by atoms with Crippen LogP contribution in [0.1, 0.15) is 32.6 Å². The molecule has 1 aliphatic carbocycles. The number of nitrogens with zero attached hydrogens (tertiary/aromatic N) is 1. The molecule has 3 N–H and O–H groups in total. The van der Waals surface area contributed by atoms with Crippen molar-refractivity contribution in [3.05, 3.63) is 28.3 Å². The van der Waals surface area contributed by atoms with Crippen molar-refractivity contribution in [2.75, 3.05) is 23.7 Å². The van der Waals surface area contributed by atoms with Crippen LogP contribution in [-0.4, -0.2) is 29.2 Å². The lowest BCUT2D eigenvalue weighted by Crippen LogP contribution is -2.25. The summed E-state index contributed by atoms with van der Waals surface area (Å²) >= 11 is 0. The molecule has 0 saturated heterocycles. The molecule has 0 amide bonds. The number of rotatable bonds is 6. The summed E-state index contributed by atoms with van der Waals surface area (Å²) < 4.78 is 0. The van der Waals surface area contributed by atoms with E-state index < -0.39 is 0 Å². The van der Waals surface area contributed by atoms with Crippen LogP contribution in [0.25, 0.3) is 0 Å². The van der Waals surface area contributed by atoms with Crippen LogP contribution >= 0.6 is 0 Å². The molecule has 0 aromatic heterocycles. The van der Waals surface area contributed by atoms with Gasteiger partial charge in [-0.1, -0.05) is 12.5 Å². The van der Waals surface area contributed by atoms with Gasteiger partial charge in [-0.3, -0.25) is 10.1 Å². The predicted molar refractivity (Wildman–Crippen MR) is 83.7 cm³/mol. The molecule has 2 unspecified atom stereocenters. The highest BCUT2D eigenvalue weighted by Crippen LogP contribution is 2.33. The summed E-state index contributed by atoms with van der Waals surface area (Å²) in [6, 6.07) is 5.26.